The van der Waals surface area contributed by atoms with E-state index in [0.717, 1.165) is 44.2 Å². The lowest BCUT2D eigenvalue weighted by Crippen LogP contribution is -2.44. The minimum Gasteiger partial charge on any atom is -0.383 e. The summed E-state index contributed by atoms with van der Waals surface area (Å²) < 4.78 is 0. The van der Waals surface area contributed by atoms with Crippen LogP contribution in [0.4, 0.5) is 0 Å². The first kappa shape index (κ1) is 24.2. The predicted molar refractivity (Wildman–Crippen MR) is 144 cm³/mol. The van der Waals surface area contributed by atoms with Gasteiger partial charge in [0, 0.05) is 32.1 Å². The fraction of sp³-hybridized carbons (Fsp3) is 0.438. The van der Waals surface area contributed by atoms with Crippen molar-refractivity contribution in [2.75, 3.05) is 32.7 Å². The van der Waals surface area contributed by atoms with Gasteiger partial charge in [-0.2, -0.15) is 0 Å². The Kier molecular flexibility index (Phi) is 7.98. The van der Waals surface area contributed by atoms with Crippen molar-refractivity contribution in [1.82, 2.24) is 9.80 Å². The van der Waals surface area contributed by atoms with Crippen LogP contribution in [0.15, 0.2) is 91.0 Å². The molecule has 2 atom stereocenters. The molecular formula is C32H40N2O. The van der Waals surface area contributed by atoms with Gasteiger partial charge >= 0.3 is 0 Å². The molecule has 0 radical (unpaired) electrons. The van der Waals surface area contributed by atoms with Gasteiger partial charge in [-0.15, -0.1) is 0 Å². The monoisotopic (exact) mass is 468 g/mol. The maximum atomic E-state index is 12.0. The molecule has 184 valence electrons. The molecule has 0 aliphatic carbocycles. The number of benzene rings is 3. The quantitative estimate of drug-likeness (QED) is 0.434. The van der Waals surface area contributed by atoms with E-state index in [9.17, 15) is 5.11 Å². The summed E-state index contributed by atoms with van der Waals surface area (Å²) in [5, 5.41) is 12.0. The summed E-state index contributed by atoms with van der Waals surface area (Å²) in [5.74, 6) is 1.07. The largest absolute Gasteiger partial charge is 0.383 e. The lowest BCUT2D eigenvalue weighted by atomic mass is 9.83. The maximum Gasteiger partial charge on any atom is 0.107 e. The summed E-state index contributed by atoms with van der Waals surface area (Å²) in [5.41, 5.74) is 3.06. The van der Waals surface area contributed by atoms with Crippen LogP contribution < -0.4 is 0 Å². The van der Waals surface area contributed by atoms with E-state index in [1.807, 2.05) is 6.07 Å². The molecule has 1 N–H and O–H groups in total. The van der Waals surface area contributed by atoms with Crippen molar-refractivity contribution in [3.8, 4) is 0 Å². The highest BCUT2D eigenvalue weighted by Gasteiger charge is 2.46. The zero-order valence-corrected chi connectivity index (χ0v) is 20.9. The molecule has 2 aliphatic heterocycles. The molecule has 3 aromatic carbocycles. The van der Waals surface area contributed by atoms with Gasteiger partial charge in [0.1, 0.15) is 5.60 Å². The van der Waals surface area contributed by atoms with Crippen LogP contribution in [0.5, 0.6) is 0 Å². The van der Waals surface area contributed by atoms with Gasteiger partial charge in [0.25, 0.3) is 0 Å². The molecule has 2 aliphatic rings. The van der Waals surface area contributed by atoms with Crippen LogP contribution in [-0.4, -0.2) is 47.6 Å². The molecule has 2 saturated heterocycles. The highest BCUT2D eigenvalue weighted by Crippen LogP contribution is 2.39. The van der Waals surface area contributed by atoms with E-state index in [2.05, 4.69) is 94.7 Å². The molecule has 0 amide bonds. The van der Waals surface area contributed by atoms with E-state index in [1.54, 1.807) is 0 Å². The number of aryl methyl sites for hydroxylation is 1. The summed E-state index contributed by atoms with van der Waals surface area (Å²) in [7, 11) is 0. The molecule has 2 heterocycles. The van der Waals surface area contributed by atoms with E-state index in [-0.39, 0.29) is 5.92 Å². The fourth-order valence-electron chi connectivity index (χ4n) is 6.23. The first-order chi connectivity index (χ1) is 17.2. The molecule has 0 spiro atoms. The topological polar surface area (TPSA) is 26.7 Å². The van der Waals surface area contributed by atoms with Crippen LogP contribution in [0.1, 0.15) is 42.4 Å². The second-order valence-electron chi connectivity index (χ2n) is 10.8. The van der Waals surface area contributed by atoms with Crippen molar-refractivity contribution in [3.63, 3.8) is 0 Å². The number of likely N-dealkylation sites (tertiary alicyclic amines) is 2. The van der Waals surface area contributed by atoms with Gasteiger partial charge in [0.15, 0.2) is 0 Å². The average molecular weight is 469 g/mol. The molecular weight excluding hydrogens is 428 g/mol. The maximum absolute atomic E-state index is 12.0. The molecule has 3 aromatic rings. The zero-order valence-electron chi connectivity index (χ0n) is 20.9. The van der Waals surface area contributed by atoms with Crippen molar-refractivity contribution in [2.45, 2.75) is 44.2 Å². The lowest BCUT2D eigenvalue weighted by Gasteiger charge is -2.37. The molecule has 0 bridgehead atoms. The summed E-state index contributed by atoms with van der Waals surface area (Å²) in [6, 6.07) is 31.9. The predicted octanol–water partition coefficient (Wildman–Crippen LogP) is 5.74. The Morgan fingerprint density at radius 1 is 0.743 bits per heavy atom. The lowest BCUT2D eigenvalue weighted by molar-refractivity contribution is -0.00914. The highest BCUT2D eigenvalue weighted by atomic mass is 16.3. The van der Waals surface area contributed by atoms with Gasteiger partial charge in [-0.1, -0.05) is 97.4 Å². The molecule has 35 heavy (non-hydrogen) atoms. The summed E-state index contributed by atoms with van der Waals surface area (Å²) in [4.78, 5) is 5.07. The van der Waals surface area contributed by atoms with Crippen molar-refractivity contribution in [2.24, 2.45) is 11.8 Å². The Balaban J connectivity index is 1.17. The number of rotatable bonds is 9. The average Bonchev–Trinajstić information content (AvgIpc) is 3.22. The molecule has 0 saturated carbocycles. The van der Waals surface area contributed by atoms with Crippen molar-refractivity contribution in [3.05, 3.63) is 108 Å². The first-order valence-corrected chi connectivity index (χ1v) is 13.5. The smallest absolute Gasteiger partial charge is 0.107 e. The highest BCUT2D eigenvalue weighted by molar-refractivity contribution is 5.26. The van der Waals surface area contributed by atoms with Gasteiger partial charge in [0.05, 0.1) is 0 Å². The molecule has 5 rings (SSSR count). The Morgan fingerprint density at radius 2 is 1.34 bits per heavy atom. The zero-order chi connectivity index (χ0) is 23.9. The number of hydrogen-bond donors (Lipinski definition) is 1. The SMILES string of the molecule is OC1(c2ccccc2)CN(Cc2ccccc2)CC1CN1CCC(CCCc2ccccc2)CC1. The van der Waals surface area contributed by atoms with E-state index < -0.39 is 5.60 Å². The van der Waals surface area contributed by atoms with E-state index in [0.29, 0.717) is 6.54 Å². The van der Waals surface area contributed by atoms with Gasteiger partial charge in [-0.25, -0.2) is 0 Å². The molecule has 2 unspecified atom stereocenters. The minimum atomic E-state index is -0.789. The van der Waals surface area contributed by atoms with Crippen LogP contribution in [-0.2, 0) is 18.6 Å². The minimum absolute atomic E-state index is 0.225. The number of aliphatic hydroxyl groups is 1. The number of β-amino-alcohol motifs (C(OH)–C–C–N with tert-alkyl or cyclic N) is 1. The number of piperidine rings is 1. The normalized spacial score (nSPS) is 24.1. The van der Waals surface area contributed by atoms with Crippen LogP contribution in [0.25, 0.3) is 0 Å². The standard InChI is InChI=1S/C32H40N2O/c35-32(30-17-8-3-9-18-30)26-34(23-29-13-6-2-7-14-29)25-31(32)24-33-21-19-28(20-22-33)16-10-15-27-11-4-1-5-12-27/h1-9,11-14,17-18,28,31,35H,10,15-16,19-26H2. The van der Waals surface area contributed by atoms with Crippen molar-refractivity contribution < 1.29 is 5.11 Å². The fourth-order valence-corrected chi connectivity index (χ4v) is 6.23. The Hall–Kier alpha value is -2.46. The molecule has 0 aromatic heterocycles. The summed E-state index contributed by atoms with van der Waals surface area (Å²) in [6.45, 7) is 5.85. The van der Waals surface area contributed by atoms with Crippen LogP contribution >= 0.6 is 0 Å². The number of nitrogens with zero attached hydrogens (tertiary/aromatic N) is 2. The molecule has 2 fully saturated rings. The van der Waals surface area contributed by atoms with Gasteiger partial charge in [0.2, 0.25) is 0 Å². The number of hydrogen-bond acceptors (Lipinski definition) is 3. The third-order valence-corrected chi connectivity index (χ3v) is 8.25. The molecule has 3 nitrogen and oxygen atoms in total. The summed E-state index contributed by atoms with van der Waals surface area (Å²) in [6.07, 6.45) is 6.41. The van der Waals surface area contributed by atoms with Crippen molar-refractivity contribution in [1.29, 1.82) is 0 Å². The third kappa shape index (κ3) is 6.22. The van der Waals surface area contributed by atoms with E-state index in [1.165, 1.54) is 43.2 Å². The second kappa shape index (κ2) is 11.5. The second-order valence-corrected chi connectivity index (χ2v) is 10.8. The van der Waals surface area contributed by atoms with Crippen LogP contribution in [0.3, 0.4) is 0 Å². The van der Waals surface area contributed by atoms with E-state index >= 15 is 0 Å². The van der Waals surface area contributed by atoms with Gasteiger partial charge in [-0.05, 0) is 61.4 Å². The molecule has 3 heteroatoms. The Labute approximate surface area is 211 Å². The van der Waals surface area contributed by atoms with Crippen LogP contribution in [0.2, 0.25) is 0 Å². The Bertz CT molecular complexity index is 1020. The summed E-state index contributed by atoms with van der Waals surface area (Å²) >= 11 is 0. The van der Waals surface area contributed by atoms with Gasteiger partial charge < -0.3 is 10.0 Å². The Morgan fingerprint density at radius 3 is 2.00 bits per heavy atom. The van der Waals surface area contributed by atoms with Crippen LogP contribution in [0, 0.1) is 11.8 Å². The van der Waals surface area contributed by atoms with E-state index in [4.69, 9.17) is 0 Å². The van der Waals surface area contributed by atoms with Gasteiger partial charge in [-0.3, -0.25) is 4.90 Å². The van der Waals surface area contributed by atoms with Crippen molar-refractivity contribution >= 4 is 0 Å². The third-order valence-electron chi connectivity index (χ3n) is 8.25. The first-order valence-electron chi connectivity index (χ1n) is 13.5.